The summed E-state index contributed by atoms with van der Waals surface area (Å²) in [6, 6.07) is -0.979. The highest BCUT2D eigenvalue weighted by molar-refractivity contribution is 5.81. The molecule has 1 amide bonds. The molecule has 0 aliphatic carbocycles. The summed E-state index contributed by atoms with van der Waals surface area (Å²) < 4.78 is 62.4. The van der Waals surface area contributed by atoms with Gasteiger partial charge in [0.05, 0.1) is 66.1 Å². The quantitative estimate of drug-likeness (QED) is 0.0163. The van der Waals surface area contributed by atoms with Gasteiger partial charge in [0.2, 0.25) is 0 Å². The molecule has 0 aromatic rings. The van der Waals surface area contributed by atoms with E-state index in [0.29, 0.717) is 38.6 Å². The maximum Gasteiger partial charge on any atom is 0.407 e. The monoisotopic (exact) mass is 884 g/mol. The van der Waals surface area contributed by atoms with Crippen LogP contribution in [-0.4, -0.2) is 204 Å². The molecule has 0 spiro atoms. The standard InChI is InChI=1S/C38H68N4O19/c1-4-55-35(49)26(13-9-5-7-11-25(46)12-8-6-10-14-40-42-39)41-38(50)58-22-21-54-24-28-32(34(57-20-17-45)29(47)36(52-3)59-28)61-37-30(48)33(56-19-16-44)31(51-2)27(60-37)23-53-18-15-43/h26-34,36-37,43-45,47-48H,4-24H2,1-3H3,(H,41,50)/t26-,27?,28?,29?,30?,31+,32-,33+,34+,36-,37+/m0/s1. The van der Waals surface area contributed by atoms with Gasteiger partial charge in [0.25, 0.3) is 0 Å². The van der Waals surface area contributed by atoms with Crippen molar-refractivity contribution >= 4 is 17.8 Å². The van der Waals surface area contributed by atoms with Crippen molar-refractivity contribution < 1.29 is 92.0 Å². The summed E-state index contributed by atoms with van der Waals surface area (Å²) in [6.07, 6.45) is -7.71. The first-order chi connectivity index (χ1) is 29.6. The fourth-order valence-electron chi connectivity index (χ4n) is 6.76. The van der Waals surface area contributed by atoms with Crippen LogP contribution in [0.4, 0.5) is 4.79 Å². The molecular formula is C38H68N4O19. The molecule has 0 aromatic carbocycles. The number of azide groups is 1. The fraction of sp³-hybridized carbons (Fsp3) is 0.921. The molecule has 23 heteroatoms. The molecule has 6 N–H and O–H groups in total. The number of carbonyl (C=O) groups is 3. The van der Waals surface area contributed by atoms with Crippen molar-refractivity contribution in [2.75, 3.05) is 93.4 Å². The van der Waals surface area contributed by atoms with Crippen LogP contribution in [0, 0.1) is 0 Å². The molecule has 354 valence electrons. The molecular weight excluding hydrogens is 816 g/mol. The second-order valence-electron chi connectivity index (χ2n) is 14.1. The van der Waals surface area contributed by atoms with Crippen LogP contribution in [0.2, 0.25) is 0 Å². The Morgan fingerprint density at radius 1 is 0.721 bits per heavy atom. The molecule has 61 heavy (non-hydrogen) atoms. The molecule has 4 unspecified atom stereocenters. The minimum atomic E-state index is -1.51. The van der Waals surface area contributed by atoms with Gasteiger partial charge in [0.15, 0.2) is 12.6 Å². The fourth-order valence-corrected chi connectivity index (χ4v) is 6.76. The number of hydrogen-bond donors (Lipinski definition) is 6. The number of rotatable bonds is 34. The van der Waals surface area contributed by atoms with E-state index in [4.69, 9.17) is 57.6 Å². The summed E-state index contributed by atoms with van der Waals surface area (Å²) in [4.78, 5) is 40.2. The SMILES string of the molecule is CCOC(=O)[C@H](CCCCCC(=O)CCCCCN=[N+]=[N-])NC(=O)OCCOCC1O[C@H](OC)C(O)[C@@H](OCCO)[C@H]1O[C@H]1OC(COCCO)[C@@H](OC)[C@H](OCCO)C1O. The van der Waals surface area contributed by atoms with Gasteiger partial charge in [0.1, 0.15) is 67.3 Å². The lowest BCUT2D eigenvalue weighted by Gasteiger charge is -2.48. The van der Waals surface area contributed by atoms with Crippen molar-refractivity contribution in [3.63, 3.8) is 0 Å². The molecule has 0 bridgehead atoms. The Morgan fingerprint density at radius 2 is 1.31 bits per heavy atom. The van der Waals surface area contributed by atoms with E-state index in [1.807, 2.05) is 0 Å². The van der Waals surface area contributed by atoms with Crippen LogP contribution < -0.4 is 5.32 Å². The maximum atomic E-state index is 12.7. The average molecular weight is 885 g/mol. The third-order valence-electron chi connectivity index (χ3n) is 9.68. The van der Waals surface area contributed by atoms with E-state index in [1.54, 1.807) is 6.92 Å². The molecule has 2 rings (SSSR count). The van der Waals surface area contributed by atoms with Gasteiger partial charge in [-0.1, -0.05) is 24.4 Å². The highest BCUT2D eigenvalue weighted by atomic mass is 16.8. The molecule has 2 saturated heterocycles. The predicted molar refractivity (Wildman–Crippen MR) is 210 cm³/mol. The predicted octanol–water partition coefficient (Wildman–Crippen LogP) is 0.0333. The Balaban J connectivity index is 2.01. The van der Waals surface area contributed by atoms with Gasteiger partial charge in [-0.2, -0.15) is 0 Å². The lowest BCUT2D eigenvalue weighted by Crippen LogP contribution is -2.66. The third-order valence-corrected chi connectivity index (χ3v) is 9.68. The molecule has 2 fully saturated rings. The number of esters is 1. The van der Waals surface area contributed by atoms with Crippen LogP contribution in [0.25, 0.3) is 10.4 Å². The summed E-state index contributed by atoms with van der Waals surface area (Å²) in [5, 5.41) is 56.7. The summed E-state index contributed by atoms with van der Waals surface area (Å²) in [6.45, 7) is -0.00930. The molecule has 2 aliphatic rings. The zero-order valence-electron chi connectivity index (χ0n) is 35.5. The number of aliphatic hydroxyl groups is 5. The first kappa shape index (κ1) is 54.3. The van der Waals surface area contributed by atoms with Gasteiger partial charge < -0.3 is 83.0 Å². The lowest BCUT2D eigenvalue weighted by atomic mass is 9.96. The number of nitrogens with zero attached hydrogens (tertiary/aromatic N) is 3. The number of methoxy groups -OCH3 is 2. The first-order valence-electron chi connectivity index (χ1n) is 20.8. The number of hydrogen-bond acceptors (Lipinski definition) is 20. The van der Waals surface area contributed by atoms with E-state index in [2.05, 4.69) is 15.3 Å². The smallest absolute Gasteiger partial charge is 0.407 e. The Labute approximate surface area is 356 Å². The third kappa shape index (κ3) is 20.0. The molecule has 2 aliphatic heterocycles. The second kappa shape index (κ2) is 32.8. The molecule has 2 heterocycles. The number of carbonyl (C=O) groups excluding carboxylic acids is 3. The molecule has 0 saturated carbocycles. The first-order valence-corrected chi connectivity index (χ1v) is 20.8. The highest BCUT2D eigenvalue weighted by Crippen LogP contribution is 2.33. The largest absolute Gasteiger partial charge is 0.464 e. The van der Waals surface area contributed by atoms with E-state index in [1.165, 1.54) is 14.2 Å². The Kier molecular flexibility index (Phi) is 29.2. The maximum absolute atomic E-state index is 12.7. The van der Waals surface area contributed by atoms with E-state index in [0.717, 1.165) is 19.3 Å². The average Bonchev–Trinajstić information content (AvgIpc) is 3.25. The minimum Gasteiger partial charge on any atom is -0.464 e. The van der Waals surface area contributed by atoms with Gasteiger partial charge >= 0.3 is 12.1 Å². The van der Waals surface area contributed by atoms with Gasteiger partial charge in [-0.3, -0.25) is 4.79 Å². The highest BCUT2D eigenvalue weighted by Gasteiger charge is 2.52. The number of unbranched alkanes of at least 4 members (excludes halogenated alkanes) is 4. The van der Waals surface area contributed by atoms with Gasteiger partial charge in [-0.15, -0.1) is 0 Å². The van der Waals surface area contributed by atoms with Crippen LogP contribution in [0.3, 0.4) is 0 Å². The van der Waals surface area contributed by atoms with Crippen LogP contribution in [0.5, 0.6) is 0 Å². The number of Topliss-reactive ketones (excluding diaryl/α,β-unsaturated/α-hetero) is 1. The van der Waals surface area contributed by atoms with Crippen molar-refractivity contribution in [2.24, 2.45) is 5.11 Å². The van der Waals surface area contributed by atoms with Crippen molar-refractivity contribution in [3.05, 3.63) is 10.4 Å². The molecule has 0 radical (unpaired) electrons. The number of amides is 1. The van der Waals surface area contributed by atoms with Crippen molar-refractivity contribution in [1.82, 2.24) is 5.32 Å². The van der Waals surface area contributed by atoms with Crippen LogP contribution in [-0.2, 0) is 61.7 Å². The molecule has 23 nitrogen and oxygen atoms in total. The van der Waals surface area contributed by atoms with Gasteiger partial charge in [-0.25, -0.2) is 9.59 Å². The van der Waals surface area contributed by atoms with Crippen LogP contribution in [0.1, 0.15) is 64.7 Å². The van der Waals surface area contributed by atoms with E-state index in [9.17, 15) is 39.9 Å². The van der Waals surface area contributed by atoms with Gasteiger partial charge in [-0.05, 0) is 38.1 Å². The zero-order valence-corrected chi connectivity index (χ0v) is 35.5. The van der Waals surface area contributed by atoms with Gasteiger partial charge in [0, 0.05) is 38.5 Å². The minimum absolute atomic E-state index is 0.0166. The summed E-state index contributed by atoms with van der Waals surface area (Å²) in [5.74, 6) is -0.481. The second-order valence-corrected chi connectivity index (χ2v) is 14.1. The molecule has 11 atom stereocenters. The van der Waals surface area contributed by atoms with E-state index in [-0.39, 0.29) is 78.3 Å². The molecule has 0 aromatic heterocycles. The number of aliphatic hydroxyl groups excluding tert-OH is 5. The summed E-state index contributed by atoms with van der Waals surface area (Å²) >= 11 is 0. The van der Waals surface area contributed by atoms with E-state index >= 15 is 0 Å². The van der Waals surface area contributed by atoms with Crippen LogP contribution in [0.15, 0.2) is 5.11 Å². The summed E-state index contributed by atoms with van der Waals surface area (Å²) in [5.41, 5.74) is 8.32. The number of ether oxygens (including phenoxy) is 11. The van der Waals surface area contributed by atoms with Crippen LogP contribution >= 0.6 is 0 Å². The van der Waals surface area contributed by atoms with Crippen molar-refractivity contribution in [2.45, 2.75) is 132 Å². The summed E-state index contributed by atoms with van der Waals surface area (Å²) in [7, 11) is 2.68. The van der Waals surface area contributed by atoms with Crippen molar-refractivity contribution in [1.29, 1.82) is 0 Å². The zero-order chi connectivity index (χ0) is 44.8. The Hall–Kier alpha value is -2.84. The Morgan fingerprint density at radius 3 is 1.92 bits per heavy atom. The number of ketones is 1. The number of nitrogens with one attached hydrogen (secondary N) is 1. The number of alkyl carbamates (subject to hydrolysis) is 1. The lowest BCUT2D eigenvalue weighted by molar-refractivity contribution is -0.365. The normalized spacial score (nSPS) is 26.9. The van der Waals surface area contributed by atoms with E-state index < -0.39 is 86.1 Å². The topological polar surface area (TPSA) is 315 Å². The van der Waals surface area contributed by atoms with Crippen molar-refractivity contribution in [3.8, 4) is 0 Å². The Bertz CT molecular complexity index is 1250.